The van der Waals surface area contributed by atoms with Crippen molar-refractivity contribution in [3.63, 3.8) is 0 Å². The number of aliphatic hydroxyl groups is 16. The largest absolute Gasteiger partial charge is 1.00 e. The van der Waals surface area contributed by atoms with Gasteiger partial charge in [-0.25, -0.2) is 20.0 Å². The number of nitrogens with zero attached hydrogens (tertiary/aromatic N) is 6. The van der Waals surface area contributed by atoms with E-state index in [2.05, 4.69) is 41.2 Å². The zero-order chi connectivity index (χ0) is 111. The number of carbonyl (C=O) groups is 6. The van der Waals surface area contributed by atoms with Gasteiger partial charge >= 0.3 is 90.3 Å². The van der Waals surface area contributed by atoms with Crippen LogP contribution in [0.5, 0.6) is 5.75 Å². The van der Waals surface area contributed by atoms with E-state index in [0.29, 0.717) is 17.9 Å². The van der Waals surface area contributed by atoms with E-state index in [1.807, 2.05) is 67.6 Å². The van der Waals surface area contributed by atoms with Crippen molar-refractivity contribution >= 4 is 125 Å². The van der Waals surface area contributed by atoms with Gasteiger partial charge < -0.3 is 221 Å². The molecule has 8 saturated heterocycles. The maximum atomic E-state index is 13.2. The van der Waals surface area contributed by atoms with Gasteiger partial charge in [0.15, 0.2) is 49.0 Å². The summed E-state index contributed by atoms with van der Waals surface area (Å²) in [7, 11) is -11.1. The second-order valence-corrected chi connectivity index (χ2v) is 41.6. The molecule has 63 nitrogen and oxygen atoms in total. The number of likely N-dealkylation sites (N-methyl/N-ethyl adjacent to an activating group) is 2. The smallest absolute Gasteiger partial charge is 0.548 e. The minimum absolute atomic E-state index is 0. The minimum atomic E-state index is -4.67. The van der Waals surface area contributed by atoms with E-state index in [4.69, 9.17) is 141 Å². The molecule has 0 bridgehead atoms. The number of ether oxygens (including phenoxy) is 9. The normalized spacial score (nSPS) is 35.8. The van der Waals surface area contributed by atoms with Crippen LogP contribution in [0.4, 0.5) is 0 Å². The molecule has 2 aliphatic carbocycles. The topological polar surface area (TPSA) is 1090 Å². The number of amides is 4. The summed E-state index contributed by atoms with van der Waals surface area (Å²) in [6, 6.07) is 8.88. The summed E-state index contributed by atoms with van der Waals surface area (Å²) in [5.41, 5.74) is 40.6. The van der Waals surface area contributed by atoms with Crippen molar-refractivity contribution < 1.29 is 275 Å². The Morgan fingerprint density at radius 1 is 0.470 bits per heavy atom. The van der Waals surface area contributed by atoms with Gasteiger partial charge in [-0.15, -0.1) is 23.5 Å². The molecule has 13 rings (SSSR count). The number of aliphatic imine (C=N–C) groups is 4. The molecule has 3 aromatic rings. The Balaban J connectivity index is 0.000000336. The number of nitrogens with one attached hydrogen (secondary N) is 4. The van der Waals surface area contributed by atoms with Gasteiger partial charge in [-0.05, 0) is 85.0 Å². The Labute approximate surface area is 902 Å². The van der Waals surface area contributed by atoms with Crippen LogP contribution in [0.2, 0.25) is 0 Å². The molecule has 10 fully saturated rings. The molecule has 70 heteroatoms. The number of hydrogen-bond donors (Lipinski definition) is 34. The molecule has 36 atom stereocenters. The van der Waals surface area contributed by atoms with Gasteiger partial charge in [0.05, 0.1) is 93.3 Å². The van der Waals surface area contributed by atoms with E-state index in [-0.39, 0.29) is 82.7 Å². The summed E-state index contributed by atoms with van der Waals surface area (Å²) >= 11 is 2.74. The minimum Gasteiger partial charge on any atom is -0.548 e. The van der Waals surface area contributed by atoms with Gasteiger partial charge in [0.25, 0.3) is 5.91 Å². The maximum Gasteiger partial charge on any atom is 1.00 e. The van der Waals surface area contributed by atoms with Crippen LogP contribution in [-0.2, 0) is 99.5 Å². The van der Waals surface area contributed by atoms with Crippen LogP contribution in [0, 0.1) is 0 Å². The van der Waals surface area contributed by atoms with Gasteiger partial charge in [-0.2, -0.15) is 25.3 Å². The standard InChI is InChI=1S/2C21H41N7O12.C21H22N2O5S.C16H18N2O4S.2Na.3H2O4S/c2*1-5-21(36,4-30)16(40-17-9(26-2)13(34)10(31)6(3-29)38-17)18(37-5)39-15-8(28-20(24)25)11(32)7(27-19(22)23)12(33)14(15)35;1-4-28-13-10-9-11-7-5-6-8-12(11)14(13)17(24)22-15-18(25)23-16(20(26)27)21(2,3)29-19(15)23;1-16(2)12(15(21)22)18-13(20)11(14(18)23-16)17-10(19)8-9-6-4-3-5-7-9;;;3*1-5(2,3)4/h2*5-18,26,29-36H,3-4H2,1-2H3,(H4,22,23,27)(H4,24,25,28);5-10,15-16,19H,4H2,1-3H3,(H,22,24)(H,26,27);3-7,11-12,14H,8H2,1-2H3,(H,17,19)(H,21,22);;;3*(H2,1,2,3,4)/q;;;;2*+1;;;/p-2. The molecule has 4 amide bonds. The zero-order valence-electron chi connectivity index (χ0n) is 81.3. The molecule has 0 radical (unpaired) electrons. The molecule has 8 heterocycles. The van der Waals surface area contributed by atoms with Gasteiger partial charge in [-0.1, -0.05) is 60.7 Å². The fraction of sp³-hybridized carbons (Fsp3) is 0.671. The van der Waals surface area contributed by atoms with Gasteiger partial charge in [-0.3, -0.25) is 46.5 Å². The molecular formula is C79H126N18Na2O45S5. The number of nitrogens with two attached hydrogens (primary N) is 8. The number of guanidine groups is 4. The first-order valence-electron chi connectivity index (χ1n) is 43.9. The number of carboxylic acids is 2. The molecule has 149 heavy (non-hydrogen) atoms. The van der Waals surface area contributed by atoms with Crippen LogP contribution < -0.4 is 141 Å². The van der Waals surface area contributed by atoms with E-state index in [1.54, 1.807) is 33.8 Å². The number of aliphatic carboxylic acids is 2. The fourth-order valence-corrected chi connectivity index (χ4v) is 20.8. The molecular weight excluding hydrogens is 2130 g/mol. The van der Waals surface area contributed by atoms with Crippen molar-refractivity contribution in [2.24, 2.45) is 65.8 Å². The van der Waals surface area contributed by atoms with Crippen LogP contribution in [0.15, 0.2) is 86.7 Å². The summed E-state index contributed by atoms with van der Waals surface area (Å²) in [5, 5.41) is 203. The Morgan fingerprint density at radius 2 is 0.812 bits per heavy atom. The number of benzene rings is 3. The van der Waals surface area contributed by atoms with E-state index >= 15 is 0 Å². The number of β-lactam (4-membered cyclic amide) rings is 2. The Morgan fingerprint density at radius 3 is 1.14 bits per heavy atom. The fourth-order valence-electron chi connectivity index (χ4n) is 17.6. The Kier molecular flexibility index (Phi) is 48.8. The van der Waals surface area contributed by atoms with Crippen LogP contribution in [0.25, 0.3) is 10.8 Å². The van der Waals surface area contributed by atoms with Crippen LogP contribution in [-0.4, -0.2) is 478 Å². The summed E-state index contributed by atoms with van der Waals surface area (Å²) in [6.07, 6.45) is -33.7. The monoisotopic (exact) mass is 2250 g/mol. The van der Waals surface area contributed by atoms with Crippen LogP contribution in [0.1, 0.15) is 64.4 Å². The number of carboxylic acid groups (broad SMARTS) is 2. The summed E-state index contributed by atoms with van der Waals surface area (Å²) in [6.45, 7) is 8.90. The molecule has 3 aromatic carbocycles. The molecule has 0 aromatic heterocycles. The molecule has 834 valence electrons. The van der Waals surface area contributed by atoms with Crippen LogP contribution >= 0.6 is 23.5 Å². The van der Waals surface area contributed by atoms with Gasteiger partial charge in [0.1, 0.15) is 162 Å². The third-order valence-corrected chi connectivity index (χ3v) is 27.7. The number of aliphatic hydroxyl groups excluding tert-OH is 14. The van der Waals surface area contributed by atoms with Gasteiger partial charge in [0.2, 0.25) is 17.7 Å². The quantitative estimate of drug-likeness (QED) is 0.0111. The number of fused-ring (bicyclic) bond motifs is 3. The molecule has 2 saturated carbocycles. The second kappa shape index (κ2) is 55.0. The van der Waals surface area contributed by atoms with E-state index < -0.39 is 327 Å². The Bertz CT molecular complexity index is 5240. The van der Waals surface area contributed by atoms with Crippen LogP contribution in [0.3, 0.4) is 0 Å². The first-order chi connectivity index (χ1) is 68.0. The summed E-state index contributed by atoms with van der Waals surface area (Å²) in [4.78, 5) is 91.0. The molecule has 8 aliphatic heterocycles. The van der Waals surface area contributed by atoms with Crippen molar-refractivity contribution in [3.8, 4) is 5.75 Å². The molecule has 10 aliphatic rings. The number of thioether (sulfide) groups is 2. The summed E-state index contributed by atoms with van der Waals surface area (Å²) in [5.74, 6) is -5.54. The number of carbonyl (C=O) groups excluding carboxylic acids is 6. The predicted octanol–water partition coefficient (Wildman–Crippen LogP) is -24.0. The molecule has 42 N–H and O–H groups in total. The summed E-state index contributed by atoms with van der Waals surface area (Å²) < 4.78 is 145. The second-order valence-electron chi connectivity index (χ2n) is 35.3. The van der Waals surface area contributed by atoms with Crippen molar-refractivity contribution in [1.29, 1.82) is 0 Å². The third kappa shape index (κ3) is 32.8. The Hall–Kier alpha value is -7.11. The zero-order valence-corrected chi connectivity index (χ0v) is 89.4. The van der Waals surface area contributed by atoms with Gasteiger partial charge in [0, 0.05) is 9.49 Å². The average Bonchev–Trinajstić information content (AvgIpc) is 1.56. The van der Waals surface area contributed by atoms with Crippen molar-refractivity contribution in [2.45, 2.75) is 282 Å². The maximum absolute atomic E-state index is 13.2. The first kappa shape index (κ1) is 132. The van der Waals surface area contributed by atoms with E-state index in [0.717, 1.165) is 16.3 Å². The van der Waals surface area contributed by atoms with Crippen molar-refractivity contribution in [2.75, 3.05) is 47.1 Å². The number of rotatable bonds is 27. The number of hydrogen-bond acceptors (Lipinski definition) is 47. The molecule has 36 unspecified atom stereocenters. The van der Waals surface area contributed by atoms with Crippen molar-refractivity contribution in [3.05, 3.63) is 77.9 Å². The first-order valence-corrected chi connectivity index (χ1v) is 49.9. The molecule has 0 spiro atoms. The third-order valence-electron chi connectivity index (χ3n) is 24.5. The van der Waals surface area contributed by atoms with E-state index in [1.165, 1.54) is 61.3 Å². The average molecular weight is 2250 g/mol. The van der Waals surface area contributed by atoms with Crippen molar-refractivity contribution in [1.82, 2.24) is 31.1 Å². The SMILES string of the molecule is CC1(C)SC2C(NC(=O)Cc3ccccc3)C(=O)N2C1C(=O)[O-].CCOc1ccc2ccccc2c1C(=O)NC1C(=O)N2C1SC(C)(C)C2C(=O)[O-].CNC1C(OC2C(OC3C(O)C(O)C(N=C(N)N)C(O)C3N=C(N)N)OC(C)C2(O)CO)OC(CO)C(O)C1O.CNC1C(OC2C(OC3C(O)C(O)C(N=C(N)N)C(O)C3N=C(N)N)OC(C)C2(O)CO)OC(CO)C(O)C1O.O=S(=O)(O)O.O=S(=O)(O)O.O=S(=O)(O)O.[Na+].[Na+]. The predicted molar refractivity (Wildman–Crippen MR) is 501 cm³/mol. The van der Waals surface area contributed by atoms with E-state index in [9.17, 15) is 121 Å².